The molecular weight excluding hydrogens is 496 g/mol. The number of benzene rings is 3. The Morgan fingerprint density at radius 3 is 2.33 bits per heavy atom. The molecule has 0 radical (unpaired) electrons. The van der Waals surface area contributed by atoms with Crippen LogP contribution in [0.5, 0.6) is 0 Å². The summed E-state index contributed by atoms with van der Waals surface area (Å²) in [5, 5.41) is 2.69. The Hall–Kier alpha value is -3.07. The first kappa shape index (κ1) is 20.2. The maximum absolute atomic E-state index is 14.6. The van der Waals surface area contributed by atoms with Crippen LogP contribution in [0, 0.1) is 9.39 Å². The minimum absolute atomic E-state index is 0.265. The third-order valence-electron chi connectivity index (χ3n) is 4.85. The molecule has 0 aliphatic carbocycles. The highest BCUT2D eigenvalue weighted by Crippen LogP contribution is 2.28. The molecule has 1 aliphatic rings. The van der Waals surface area contributed by atoms with Gasteiger partial charge in [-0.1, -0.05) is 30.3 Å². The van der Waals surface area contributed by atoms with Crippen LogP contribution in [0.3, 0.4) is 0 Å². The van der Waals surface area contributed by atoms with Gasteiger partial charge in [-0.3, -0.25) is 9.59 Å². The number of aliphatic imine (C=N–C) groups is 1. The van der Waals surface area contributed by atoms with Gasteiger partial charge in [0.05, 0.1) is 11.4 Å². The van der Waals surface area contributed by atoms with Gasteiger partial charge in [-0.05, 0) is 65.1 Å². The van der Waals surface area contributed by atoms with Gasteiger partial charge in [0.1, 0.15) is 5.82 Å². The Labute approximate surface area is 186 Å². The van der Waals surface area contributed by atoms with Crippen LogP contribution in [0.15, 0.2) is 77.8 Å². The van der Waals surface area contributed by atoms with Crippen LogP contribution < -0.4 is 10.2 Å². The summed E-state index contributed by atoms with van der Waals surface area (Å²) in [4.78, 5) is 31.8. The number of amides is 2. The van der Waals surface area contributed by atoms with Gasteiger partial charge < -0.3 is 10.2 Å². The van der Waals surface area contributed by atoms with Crippen molar-refractivity contribution < 1.29 is 14.0 Å². The normalized spacial score (nSPS) is 15.8. The van der Waals surface area contributed by atoms with Crippen LogP contribution in [-0.4, -0.2) is 30.7 Å². The zero-order chi connectivity index (χ0) is 21.3. The summed E-state index contributed by atoms with van der Waals surface area (Å²) in [6, 6.07) is 20.4. The molecule has 0 spiro atoms. The summed E-state index contributed by atoms with van der Waals surface area (Å²) in [5.74, 6) is -1.29. The van der Waals surface area contributed by atoms with E-state index in [2.05, 4.69) is 32.9 Å². The van der Waals surface area contributed by atoms with Gasteiger partial charge in [0.25, 0.3) is 11.8 Å². The lowest BCUT2D eigenvalue weighted by atomic mass is 10.00. The second-order valence-electron chi connectivity index (χ2n) is 6.75. The second kappa shape index (κ2) is 8.35. The quantitative estimate of drug-likeness (QED) is 0.539. The highest BCUT2D eigenvalue weighted by atomic mass is 127. The van der Waals surface area contributed by atoms with Crippen LogP contribution in [0.2, 0.25) is 0 Å². The first-order valence-corrected chi connectivity index (χ1v) is 10.3. The molecule has 2 amide bonds. The molecular formula is C23H17FIN3O2. The van der Waals surface area contributed by atoms with Gasteiger partial charge >= 0.3 is 0 Å². The lowest BCUT2D eigenvalue weighted by Crippen LogP contribution is -2.46. The Balaban J connectivity index is 1.80. The van der Waals surface area contributed by atoms with E-state index >= 15 is 0 Å². The zero-order valence-corrected chi connectivity index (χ0v) is 18.1. The van der Waals surface area contributed by atoms with Gasteiger partial charge in [0.15, 0.2) is 0 Å². The fourth-order valence-electron chi connectivity index (χ4n) is 3.29. The number of hydrogen-bond donors (Lipinski definition) is 1. The smallest absolute Gasteiger partial charge is 0.272 e. The van der Waals surface area contributed by atoms with Crippen LogP contribution in [-0.2, 0) is 4.79 Å². The van der Waals surface area contributed by atoms with Crippen molar-refractivity contribution in [1.29, 1.82) is 0 Å². The summed E-state index contributed by atoms with van der Waals surface area (Å²) in [7, 11) is 1.62. The number of para-hydroxylation sites is 1. The van der Waals surface area contributed by atoms with Crippen molar-refractivity contribution in [3.05, 3.63) is 98.9 Å². The van der Waals surface area contributed by atoms with Gasteiger partial charge in [-0.25, -0.2) is 9.38 Å². The zero-order valence-electron chi connectivity index (χ0n) is 16.0. The summed E-state index contributed by atoms with van der Waals surface area (Å²) < 4.78 is 15.6. The standard InChI is InChI=1S/C23H17FIN3O2/c1-28-19-9-5-3-7-17(19)20(16-6-2-4-8-18(16)24)26-21(23(28)30)27-22(29)14-10-12-15(25)13-11-14/h2-13,21H,1H3,(H,27,29)/t21-/m1/s1. The molecule has 0 bridgehead atoms. The topological polar surface area (TPSA) is 61.8 Å². The number of likely N-dealkylation sites (N-methyl/N-ethyl adjacent to an activating group) is 1. The van der Waals surface area contributed by atoms with E-state index in [-0.39, 0.29) is 5.56 Å². The lowest BCUT2D eigenvalue weighted by molar-refractivity contribution is -0.119. The van der Waals surface area contributed by atoms with E-state index in [0.717, 1.165) is 3.57 Å². The third-order valence-corrected chi connectivity index (χ3v) is 5.57. The van der Waals surface area contributed by atoms with Crippen LogP contribution >= 0.6 is 22.6 Å². The Morgan fingerprint density at radius 2 is 1.63 bits per heavy atom. The first-order valence-electron chi connectivity index (χ1n) is 9.22. The van der Waals surface area contributed by atoms with E-state index in [1.54, 1.807) is 73.8 Å². The van der Waals surface area contributed by atoms with E-state index in [1.807, 2.05) is 0 Å². The maximum Gasteiger partial charge on any atom is 0.272 e. The number of anilines is 1. The SMILES string of the molecule is CN1C(=O)[C@@H](NC(=O)c2ccc(I)cc2)N=C(c2ccccc2F)c2ccccc21. The number of nitrogens with one attached hydrogen (secondary N) is 1. The predicted molar refractivity (Wildman–Crippen MR) is 122 cm³/mol. The molecule has 3 aromatic carbocycles. The summed E-state index contributed by atoms with van der Waals surface area (Å²) in [6.07, 6.45) is -1.19. The number of carbonyl (C=O) groups is 2. The Morgan fingerprint density at radius 1 is 1.00 bits per heavy atom. The number of hydrogen-bond acceptors (Lipinski definition) is 3. The van der Waals surface area contributed by atoms with E-state index in [0.29, 0.717) is 22.5 Å². The molecule has 7 heteroatoms. The van der Waals surface area contributed by atoms with E-state index < -0.39 is 23.8 Å². The Kier molecular flexibility index (Phi) is 5.63. The lowest BCUT2D eigenvalue weighted by Gasteiger charge is -2.20. The molecule has 150 valence electrons. The molecule has 1 heterocycles. The first-order chi connectivity index (χ1) is 14.5. The molecule has 1 N–H and O–H groups in total. The fraction of sp³-hybridized carbons (Fsp3) is 0.0870. The monoisotopic (exact) mass is 513 g/mol. The van der Waals surface area contributed by atoms with E-state index in [4.69, 9.17) is 0 Å². The molecule has 5 nitrogen and oxygen atoms in total. The number of rotatable bonds is 3. The average Bonchev–Trinajstić information content (AvgIpc) is 2.85. The van der Waals surface area contributed by atoms with Crippen LogP contribution in [0.25, 0.3) is 0 Å². The van der Waals surface area contributed by atoms with Crippen LogP contribution in [0.4, 0.5) is 10.1 Å². The van der Waals surface area contributed by atoms with Crippen molar-refractivity contribution in [2.45, 2.75) is 6.17 Å². The molecule has 0 fully saturated rings. The molecule has 30 heavy (non-hydrogen) atoms. The minimum atomic E-state index is -1.19. The molecule has 0 saturated carbocycles. The number of carbonyl (C=O) groups excluding carboxylic acids is 2. The van der Waals surface area contributed by atoms with Crippen molar-refractivity contribution in [3.63, 3.8) is 0 Å². The van der Waals surface area contributed by atoms with Gasteiger partial charge in [0.2, 0.25) is 6.17 Å². The average molecular weight is 513 g/mol. The number of benzodiazepines with no additional fused rings is 1. The molecule has 1 aliphatic heterocycles. The van der Waals surface area contributed by atoms with E-state index in [1.165, 1.54) is 11.0 Å². The molecule has 4 rings (SSSR count). The molecule has 3 aromatic rings. The minimum Gasteiger partial charge on any atom is -0.322 e. The third kappa shape index (κ3) is 3.85. The molecule has 0 saturated heterocycles. The Bertz CT molecular complexity index is 1160. The number of halogens is 2. The highest BCUT2D eigenvalue weighted by Gasteiger charge is 2.31. The summed E-state index contributed by atoms with van der Waals surface area (Å²) in [5.41, 5.74) is 2.20. The van der Waals surface area contributed by atoms with Crippen molar-refractivity contribution in [3.8, 4) is 0 Å². The van der Waals surface area contributed by atoms with Gasteiger partial charge in [-0.2, -0.15) is 0 Å². The number of fused-ring (bicyclic) bond motifs is 1. The summed E-state index contributed by atoms with van der Waals surface area (Å²) in [6.45, 7) is 0. The predicted octanol–water partition coefficient (Wildman–Crippen LogP) is 4.00. The van der Waals surface area contributed by atoms with Crippen molar-refractivity contribution >= 4 is 45.8 Å². The molecule has 0 aromatic heterocycles. The van der Waals surface area contributed by atoms with Gasteiger partial charge in [-0.15, -0.1) is 0 Å². The second-order valence-corrected chi connectivity index (χ2v) is 8.00. The number of nitrogens with zero attached hydrogens (tertiary/aromatic N) is 2. The van der Waals surface area contributed by atoms with Crippen molar-refractivity contribution in [2.75, 3.05) is 11.9 Å². The van der Waals surface area contributed by atoms with Crippen molar-refractivity contribution in [2.24, 2.45) is 4.99 Å². The van der Waals surface area contributed by atoms with E-state index in [9.17, 15) is 14.0 Å². The highest BCUT2D eigenvalue weighted by molar-refractivity contribution is 14.1. The largest absolute Gasteiger partial charge is 0.322 e. The maximum atomic E-state index is 14.6. The van der Waals surface area contributed by atoms with Gasteiger partial charge in [0, 0.05) is 27.3 Å². The molecule has 0 unspecified atom stereocenters. The fourth-order valence-corrected chi connectivity index (χ4v) is 3.65. The molecule has 1 atom stereocenters. The summed E-state index contributed by atoms with van der Waals surface area (Å²) >= 11 is 2.15. The van der Waals surface area contributed by atoms with Crippen molar-refractivity contribution in [1.82, 2.24) is 5.32 Å². The van der Waals surface area contributed by atoms with Crippen LogP contribution in [0.1, 0.15) is 21.5 Å².